The summed E-state index contributed by atoms with van der Waals surface area (Å²) in [5.41, 5.74) is 0.729. The van der Waals surface area contributed by atoms with E-state index in [-0.39, 0.29) is 10.7 Å². The summed E-state index contributed by atoms with van der Waals surface area (Å²) in [6.45, 7) is 0. The molecule has 0 radical (unpaired) electrons. The molecule has 0 bridgehead atoms. The zero-order chi connectivity index (χ0) is 13.6. The van der Waals surface area contributed by atoms with Crippen LogP contribution in [-0.2, 0) is 15.8 Å². The number of carbonyl (C=O) groups is 1. The molecular weight excluding hydrogens is 288 g/mol. The van der Waals surface area contributed by atoms with Crippen LogP contribution < -0.4 is 4.72 Å². The molecule has 0 saturated heterocycles. The number of rotatable bonds is 1. The third-order valence-electron chi connectivity index (χ3n) is 2.59. The van der Waals surface area contributed by atoms with E-state index in [1.165, 1.54) is 10.8 Å². The quantitative estimate of drug-likeness (QED) is 0.854. The lowest BCUT2D eigenvalue weighted by Crippen LogP contribution is -2.17. The summed E-state index contributed by atoms with van der Waals surface area (Å²) in [4.78, 5) is 11.2. The summed E-state index contributed by atoms with van der Waals surface area (Å²) in [5.74, 6) is -0.454. The van der Waals surface area contributed by atoms with Crippen LogP contribution in [0.2, 0.25) is 5.02 Å². The molecule has 1 aromatic heterocycles. The summed E-state index contributed by atoms with van der Waals surface area (Å²) in [6, 6.07) is 6.84. The maximum Gasteiger partial charge on any atom is 0.258 e. The van der Waals surface area contributed by atoms with Crippen molar-refractivity contribution in [3.63, 3.8) is 0 Å². The normalized spacial score (nSPS) is 18.2. The van der Waals surface area contributed by atoms with Crippen LogP contribution >= 0.6 is 11.6 Å². The van der Waals surface area contributed by atoms with Gasteiger partial charge in [-0.15, -0.1) is 0 Å². The van der Waals surface area contributed by atoms with Crippen LogP contribution in [0.3, 0.4) is 0 Å². The van der Waals surface area contributed by atoms with Gasteiger partial charge in [0.15, 0.2) is 21.7 Å². The van der Waals surface area contributed by atoms with Gasteiger partial charge in [-0.05, 0) is 18.2 Å². The number of nitrogens with zero attached hydrogens (tertiary/aromatic N) is 3. The molecule has 1 atom stereocenters. The van der Waals surface area contributed by atoms with Gasteiger partial charge < -0.3 is 0 Å². The van der Waals surface area contributed by atoms with Crippen molar-refractivity contribution in [1.82, 2.24) is 14.5 Å². The van der Waals surface area contributed by atoms with E-state index in [1.54, 1.807) is 18.2 Å². The molecule has 1 aliphatic heterocycles. The summed E-state index contributed by atoms with van der Waals surface area (Å²) >= 11 is 5.88. The first-order valence-electron chi connectivity index (χ1n) is 5.13. The van der Waals surface area contributed by atoms with E-state index in [9.17, 15) is 9.00 Å². The van der Waals surface area contributed by atoms with E-state index in [0.717, 1.165) is 0 Å². The van der Waals surface area contributed by atoms with Gasteiger partial charge in [0.1, 0.15) is 6.07 Å². The van der Waals surface area contributed by atoms with Crippen LogP contribution in [0.25, 0.3) is 15.9 Å². The smallest absolute Gasteiger partial charge is 0.258 e. The number of nitriles is 1. The van der Waals surface area contributed by atoms with Crippen LogP contribution in [0.15, 0.2) is 24.3 Å². The molecule has 0 saturated carbocycles. The Labute approximate surface area is 114 Å². The minimum Gasteiger partial charge on any atom is -0.269 e. The van der Waals surface area contributed by atoms with Gasteiger partial charge in [-0.2, -0.15) is 10.4 Å². The molecular formula is C11H5ClN4O2S. The van der Waals surface area contributed by atoms with Gasteiger partial charge in [0.05, 0.1) is 5.52 Å². The molecule has 2 aromatic rings. The zero-order valence-corrected chi connectivity index (χ0v) is 10.8. The van der Waals surface area contributed by atoms with E-state index in [4.69, 9.17) is 16.9 Å². The first-order chi connectivity index (χ1) is 9.10. The van der Waals surface area contributed by atoms with Gasteiger partial charge in [-0.3, -0.25) is 9.52 Å². The lowest BCUT2D eigenvalue weighted by molar-refractivity contribution is -0.114. The Balaban J connectivity index is 2.32. The molecule has 6 nitrogen and oxygen atoms in total. The number of halogens is 1. The number of aromatic nitrogens is 2. The third kappa shape index (κ3) is 1.82. The van der Waals surface area contributed by atoms with Crippen molar-refractivity contribution in [3.05, 3.63) is 35.0 Å². The van der Waals surface area contributed by atoms with Crippen molar-refractivity contribution in [2.45, 2.75) is 0 Å². The second-order valence-corrected chi connectivity index (χ2v) is 5.35. The molecule has 0 aliphatic carbocycles. The fourth-order valence-corrected chi connectivity index (χ4v) is 2.85. The Morgan fingerprint density at radius 1 is 1.47 bits per heavy atom. The number of carbonyl (C=O) groups excluding carboxylic acids is 1. The molecule has 0 spiro atoms. The van der Waals surface area contributed by atoms with Crippen molar-refractivity contribution in [3.8, 4) is 6.07 Å². The highest BCUT2D eigenvalue weighted by molar-refractivity contribution is 7.93. The Bertz CT molecular complexity index is 818. The Kier molecular flexibility index (Phi) is 2.62. The molecule has 1 aromatic carbocycles. The molecule has 1 aliphatic rings. The number of amides is 1. The second-order valence-electron chi connectivity index (χ2n) is 3.75. The van der Waals surface area contributed by atoms with Gasteiger partial charge in [-0.1, -0.05) is 11.6 Å². The van der Waals surface area contributed by atoms with Crippen molar-refractivity contribution >= 4 is 44.4 Å². The highest BCUT2D eigenvalue weighted by atomic mass is 35.5. The first kappa shape index (κ1) is 11.9. The number of benzene rings is 1. The van der Waals surface area contributed by atoms with Crippen LogP contribution in [0.1, 0.15) is 5.69 Å². The third-order valence-corrected chi connectivity index (χ3v) is 3.89. The minimum absolute atomic E-state index is 0.162. The summed E-state index contributed by atoms with van der Waals surface area (Å²) < 4.78 is 15.3. The van der Waals surface area contributed by atoms with E-state index < -0.39 is 16.9 Å². The molecule has 1 N–H and O–H groups in total. The maximum atomic E-state index is 11.7. The number of hydrogen-bond acceptors (Lipinski definition) is 4. The van der Waals surface area contributed by atoms with E-state index in [2.05, 4.69) is 9.82 Å². The van der Waals surface area contributed by atoms with E-state index in [0.29, 0.717) is 15.9 Å². The Hall–Kier alpha value is -2.17. The van der Waals surface area contributed by atoms with Crippen molar-refractivity contribution in [2.75, 3.05) is 0 Å². The minimum atomic E-state index is -1.67. The molecule has 94 valence electrons. The van der Waals surface area contributed by atoms with Gasteiger partial charge in [-0.25, -0.2) is 8.89 Å². The molecule has 19 heavy (non-hydrogen) atoms. The van der Waals surface area contributed by atoms with E-state index in [1.807, 2.05) is 6.07 Å². The highest BCUT2D eigenvalue weighted by Gasteiger charge is 2.24. The second kappa shape index (κ2) is 4.19. The molecule has 3 rings (SSSR count). The molecule has 8 heteroatoms. The summed E-state index contributed by atoms with van der Waals surface area (Å²) in [5, 5.41) is 14.3. The maximum absolute atomic E-state index is 11.7. The topological polar surface area (TPSA) is 87.8 Å². The fourth-order valence-electron chi connectivity index (χ4n) is 1.82. The first-order valence-corrected chi connectivity index (χ1v) is 6.66. The predicted octanol–water partition coefficient (Wildman–Crippen LogP) is 1.15. The standard InChI is InChI=1S/C11H5ClN4O2S/c12-6-1-2-9-7(3-6)8(5-13)14-16(9)11-4-10(17)15-19(11)18/h1-4H,(H,15,17). The van der Waals surface area contributed by atoms with Crippen LogP contribution in [-0.4, -0.2) is 19.9 Å². The Morgan fingerprint density at radius 3 is 2.89 bits per heavy atom. The van der Waals surface area contributed by atoms with E-state index >= 15 is 0 Å². The van der Waals surface area contributed by atoms with Crippen molar-refractivity contribution < 1.29 is 9.00 Å². The van der Waals surface area contributed by atoms with Gasteiger partial charge in [0.25, 0.3) is 5.91 Å². The monoisotopic (exact) mass is 292 g/mol. The van der Waals surface area contributed by atoms with Crippen LogP contribution in [0.5, 0.6) is 0 Å². The average molecular weight is 293 g/mol. The lowest BCUT2D eigenvalue weighted by Gasteiger charge is -2.01. The number of nitrogens with one attached hydrogen (secondary N) is 1. The molecule has 0 fully saturated rings. The predicted molar refractivity (Wildman–Crippen MR) is 70.0 cm³/mol. The average Bonchev–Trinajstić information content (AvgIpc) is 2.88. The molecule has 1 unspecified atom stereocenters. The number of fused-ring (bicyclic) bond motifs is 1. The summed E-state index contributed by atoms with van der Waals surface area (Å²) in [6.07, 6.45) is 1.19. The molecule has 2 heterocycles. The fraction of sp³-hybridized carbons (Fsp3) is 0. The SMILES string of the molecule is N#Cc1nn(C2=CC(=O)NS2=O)c2ccc(Cl)cc12. The van der Waals surface area contributed by atoms with Crippen molar-refractivity contribution in [1.29, 1.82) is 5.26 Å². The van der Waals surface area contributed by atoms with Gasteiger partial charge >= 0.3 is 0 Å². The lowest BCUT2D eigenvalue weighted by atomic mass is 10.2. The van der Waals surface area contributed by atoms with Crippen LogP contribution in [0, 0.1) is 11.3 Å². The van der Waals surface area contributed by atoms with Gasteiger partial charge in [0.2, 0.25) is 0 Å². The highest BCUT2D eigenvalue weighted by Crippen LogP contribution is 2.26. The summed E-state index contributed by atoms with van der Waals surface area (Å²) in [7, 11) is -1.67. The molecule has 1 amide bonds. The van der Waals surface area contributed by atoms with Gasteiger partial charge in [0, 0.05) is 16.5 Å². The van der Waals surface area contributed by atoms with Crippen LogP contribution in [0.4, 0.5) is 0 Å². The number of hydrogen-bond donors (Lipinski definition) is 1. The largest absolute Gasteiger partial charge is 0.269 e. The van der Waals surface area contributed by atoms with Crippen molar-refractivity contribution in [2.24, 2.45) is 0 Å². The Morgan fingerprint density at radius 2 is 2.26 bits per heavy atom. The zero-order valence-electron chi connectivity index (χ0n) is 9.25.